The van der Waals surface area contributed by atoms with Crippen molar-refractivity contribution in [1.82, 2.24) is 3.97 Å². The van der Waals surface area contributed by atoms with Gasteiger partial charge in [-0.15, -0.1) is 0 Å². The van der Waals surface area contributed by atoms with Gasteiger partial charge in [-0.25, -0.2) is 12.4 Å². The van der Waals surface area contributed by atoms with Crippen LogP contribution in [0.25, 0.3) is 11.5 Å². The van der Waals surface area contributed by atoms with Crippen LogP contribution in [0.1, 0.15) is 42.8 Å². The van der Waals surface area contributed by atoms with E-state index in [0.29, 0.717) is 18.8 Å². The first-order valence-electron chi connectivity index (χ1n) is 9.55. The van der Waals surface area contributed by atoms with Crippen LogP contribution in [-0.2, 0) is 10.0 Å². The summed E-state index contributed by atoms with van der Waals surface area (Å²) in [6.07, 6.45) is 2.37. The Labute approximate surface area is 181 Å². The van der Waals surface area contributed by atoms with E-state index in [1.54, 1.807) is 12.1 Å². The number of ketones is 1. The first-order valence-corrected chi connectivity index (χ1v) is 11.4. The van der Waals surface area contributed by atoms with E-state index in [0.717, 1.165) is 9.54 Å². The summed E-state index contributed by atoms with van der Waals surface area (Å²) in [5.74, 6) is 0.605. The van der Waals surface area contributed by atoms with E-state index in [-0.39, 0.29) is 38.7 Å². The summed E-state index contributed by atoms with van der Waals surface area (Å²) >= 11 is 6.31. The molecule has 0 amide bonds. The lowest BCUT2D eigenvalue weighted by molar-refractivity contribution is 0.0945. The fourth-order valence-corrected chi connectivity index (χ4v) is 4.66. The summed E-state index contributed by atoms with van der Waals surface area (Å²) in [4.78, 5) is 12.7. The van der Waals surface area contributed by atoms with Crippen molar-refractivity contribution in [3.63, 3.8) is 0 Å². The van der Waals surface area contributed by atoms with E-state index in [1.807, 2.05) is 20.8 Å². The third kappa shape index (κ3) is 4.32. The fourth-order valence-electron chi connectivity index (χ4n) is 3.01. The number of nitrogens with zero attached hydrogens (tertiary/aromatic N) is 1. The van der Waals surface area contributed by atoms with Crippen LogP contribution in [0.15, 0.2) is 51.9 Å². The molecule has 6 nitrogen and oxygen atoms in total. The molecule has 0 radical (unpaired) electrons. The number of rotatable bonds is 8. The molecule has 0 bridgehead atoms. The van der Waals surface area contributed by atoms with E-state index in [2.05, 4.69) is 0 Å². The lowest BCUT2D eigenvalue weighted by Gasteiger charge is -2.10. The van der Waals surface area contributed by atoms with E-state index < -0.39 is 10.0 Å². The van der Waals surface area contributed by atoms with Crippen molar-refractivity contribution in [3.8, 4) is 17.2 Å². The van der Waals surface area contributed by atoms with Crippen molar-refractivity contribution < 1.29 is 22.4 Å². The van der Waals surface area contributed by atoms with Crippen molar-refractivity contribution >= 4 is 27.4 Å². The van der Waals surface area contributed by atoms with Gasteiger partial charge in [0.15, 0.2) is 11.5 Å². The SMILES string of the molecule is COc1cc(-c2c(Cl)ccn2S(=O)(=O)c2ccc(C)cc2)oc1C(=O)CCC(C)C. The lowest BCUT2D eigenvalue weighted by atomic mass is 10.0. The Morgan fingerprint density at radius 3 is 2.47 bits per heavy atom. The minimum atomic E-state index is -3.92. The van der Waals surface area contributed by atoms with E-state index in [9.17, 15) is 13.2 Å². The van der Waals surface area contributed by atoms with Crippen molar-refractivity contribution in [2.45, 2.75) is 38.5 Å². The van der Waals surface area contributed by atoms with Gasteiger partial charge in [-0.3, -0.25) is 4.79 Å². The zero-order chi connectivity index (χ0) is 22.1. The molecule has 0 unspecified atom stereocenters. The maximum absolute atomic E-state index is 13.2. The maximum Gasteiger partial charge on any atom is 0.268 e. The first kappa shape index (κ1) is 22.2. The summed E-state index contributed by atoms with van der Waals surface area (Å²) in [5.41, 5.74) is 1.08. The number of benzene rings is 1. The molecule has 0 fully saturated rings. The molecule has 3 aromatic rings. The largest absolute Gasteiger partial charge is 0.493 e. The van der Waals surface area contributed by atoms with E-state index in [4.69, 9.17) is 20.8 Å². The fraction of sp³-hybridized carbons (Fsp3) is 0.318. The molecule has 1 aromatic carbocycles. The molecule has 0 spiro atoms. The molecule has 0 atom stereocenters. The molecule has 160 valence electrons. The van der Waals surface area contributed by atoms with Gasteiger partial charge in [-0.2, -0.15) is 0 Å². The van der Waals surface area contributed by atoms with E-state index in [1.165, 1.54) is 37.6 Å². The number of hydrogen-bond donors (Lipinski definition) is 0. The summed E-state index contributed by atoms with van der Waals surface area (Å²) < 4.78 is 38.5. The van der Waals surface area contributed by atoms with Gasteiger partial charge in [0.1, 0.15) is 5.69 Å². The third-order valence-corrected chi connectivity index (χ3v) is 6.73. The smallest absolute Gasteiger partial charge is 0.268 e. The van der Waals surface area contributed by atoms with Crippen LogP contribution >= 0.6 is 11.6 Å². The number of carbonyl (C=O) groups is 1. The number of methoxy groups -OCH3 is 1. The minimum Gasteiger partial charge on any atom is -0.493 e. The van der Waals surface area contributed by atoms with Gasteiger partial charge >= 0.3 is 0 Å². The minimum absolute atomic E-state index is 0.0599. The summed E-state index contributed by atoms with van der Waals surface area (Å²) in [5, 5.41) is 0.184. The molecule has 0 aliphatic heterocycles. The van der Waals surface area contributed by atoms with Gasteiger partial charge in [0.2, 0.25) is 11.5 Å². The van der Waals surface area contributed by atoms with Crippen molar-refractivity contribution in [2.75, 3.05) is 7.11 Å². The number of aromatic nitrogens is 1. The van der Waals surface area contributed by atoms with Crippen LogP contribution in [0, 0.1) is 12.8 Å². The molecule has 3 rings (SSSR count). The van der Waals surface area contributed by atoms with E-state index >= 15 is 0 Å². The second kappa shape index (κ2) is 8.70. The third-order valence-electron chi connectivity index (χ3n) is 4.73. The highest BCUT2D eigenvalue weighted by Crippen LogP contribution is 2.37. The zero-order valence-corrected chi connectivity index (χ0v) is 18.9. The summed E-state index contributed by atoms with van der Waals surface area (Å²) in [6, 6.07) is 9.47. The summed E-state index contributed by atoms with van der Waals surface area (Å²) in [6.45, 7) is 5.93. The Hall–Kier alpha value is -2.51. The highest BCUT2D eigenvalue weighted by atomic mass is 35.5. The zero-order valence-electron chi connectivity index (χ0n) is 17.3. The number of furan rings is 1. The van der Waals surface area contributed by atoms with Gasteiger partial charge in [-0.1, -0.05) is 43.1 Å². The normalized spacial score (nSPS) is 11.8. The highest BCUT2D eigenvalue weighted by molar-refractivity contribution is 7.90. The number of hydrogen-bond acceptors (Lipinski definition) is 5. The molecule has 0 saturated carbocycles. The number of Topliss-reactive ketones (excluding diaryl/α,β-unsaturated/α-hetero) is 1. The van der Waals surface area contributed by atoms with Crippen molar-refractivity contribution in [2.24, 2.45) is 5.92 Å². The summed E-state index contributed by atoms with van der Waals surface area (Å²) in [7, 11) is -2.49. The first-order chi connectivity index (χ1) is 14.1. The maximum atomic E-state index is 13.2. The Morgan fingerprint density at radius 1 is 1.20 bits per heavy atom. The van der Waals surface area contributed by atoms with Gasteiger partial charge in [-0.05, 0) is 37.5 Å². The van der Waals surface area contributed by atoms with Gasteiger partial charge in [0, 0.05) is 18.7 Å². The average Bonchev–Trinajstić information content (AvgIpc) is 3.30. The predicted molar refractivity (Wildman–Crippen MR) is 116 cm³/mol. The molecule has 0 N–H and O–H groups in total. The van der Waals surface area contributed by atoms with Gasteiger partial charge < -0.3 is 9.15 Å². The second-order valence-electron chi connectivity index (χ2n) is 7.49. The van der Waals surface area contributed by atoms with Gasteiger partial charge in [0.25, 0.3) is 10.0 Å². The number of halogens is 1. The number of carbonyl (C=O) groups excluding carboxylic acids is 1. The Morgan fingerprint density at radius 2 is 1.87 bits per heavy atom. The number of ether oxygens (including phenoxy) is 1. The molecule has 2 heterocycles. The number of aryl methyl sites for hydroxylation is 1. The van der Waals surface area contributed by atoms with Crippen LogP contribution in [0.5, 0.6) is 5.75 Å². The highest BCUT2D eigenvalue weighted by Gasteiger charge is 2.27. The van der Waals surface area contributed by atoms with Gasteiger partial charge in [0.05, 0.1) is 17.0 Å². The predicted octanol–water partition coefficient (Wildman–Crippen LogP) is 5.57. The Balaban J connectivity index is 2.07. The second-order valence-corrected chi connectivity index (χ2v) is 9.71. The Bertz CT molecular complexity index is 1160. The molecule has 30 heavy (non-hydrogen) atoms. The topological polar surface area (TPSA) is 78.5 Å². The Kier molecular flexibility index (Phi) is 6.43. The van der Waals surface area contributed by atoms with Crippen LogP contribution in [0.3, 0.4) is 0 Å². The standard InChI is InChI=1S/C22H24ClNO5S/c1-14(2)5-10-18(25)22-20(28-4)13-19(29-22)21-17(23)11-12-24(21)30(26,27)16-8-6-15(3)7-9-16/h6-9,11-14H,5,10H2,1-4H3. The molecular weight excluding hydrogens is 426 g/mol. The van der Waals surface area contributed by atoms with Crippen molar-refractivity contribution in [1.29, 1.82) is 0 Å². The lowest BCUT2D eigenvalue weighted by Crippen LogP contribution is -2.13. The average molecular weight is 450 g/mol. The van der Waals surface area contributed by atoms with Crippen LogP contribution in [0.4, 0.5) is 0 Å². The molecule has 0 aliphatic rings. The molecule has 0 aliphatic carbocycles. The molecular formula is C22H24ClNO5S. The molecule has 0 saturated heterocycles. The van der Waals surface area contributed by atoms with Crippen LogP contribution in [-0.4, -0.2) is 25.3 Å². The molecule has 8 heteroatoms. The molecule has 2 aromatic heterocycles. The van der Waals surface area contributed by atoms with Crippen LogP contribution in [0.2, 0.25) is 5.02 Å². The quantitative estimate of drug-likeness (QED) is 0.420. The van der Waals surface area contributed by atoms with Crippen molar-refractivity contribution in [3.05, 3.63) is 58.9 Å². The monoisotopic (exact) mass is 449 g/mol. The van der Waals surface area contributed by atoms with Crippen LogP contribution < -0.4 is 4.74 Å².